The Balaban J connectivity index is 1.87. The molecule has 0 saturated carbocycles. The number of benzene rings is 3. The van der Waals surface area contributed by atoms with Gasteiger partial charge in [-0.1, -0.05) is 76.1 Å². The number of hydrogen-bond donors (Lipinski definition) is 1. The van der Waals surface area contributed by atoms with Gasteiger partial charge < -0.3 is 10.2 Å². The maximum Gasteiger partial charge on any atom is 0.243 e. The van der Waals surface area contributed by atoms with Crippen LogP contribution < -0.4 is 9.62 Å². The first kappa shape index (κ1) is 31.6. The Morgan fingerprint density at radius 1 is 0.950 bits per heavy atom. The summed E-state index contributed by atoms with van der Waals surface area (Å²) in [6, 6.07) is 23.0. The van der Waals surface area contributed by atoms with Crippen LogP contribution in [0.25, 0.3) is 0 Å². The van der Waals surface area contributed by atoms with E-state index in [9.17, 15) is 18.0 Å². The first-order valence-corrected chi connectivity index (χ1v) is 16.1. The Kier molecular flexibility index (Phi) is 11.6. The molecule has 0 radical (unpaired) electrons. The van der Waals surface area contributed by atoms with Crippen molar-refractivity contribution in [2.24, 2.45) is 0 Å². The van der Waals surface area contributed by atoms with Crippen molar-refractivity contribution in [3.63, 3.8) is 0 Å². The third-order valence-corrected chi connectivity index (χ3v) is 8.17. The van der Waals surface area contributed by atoms with E-state index < -0.39 is 16.1 Å². The highest BCUT2D eigenvalue weighted by atomic mass is 79.9. The van der Waals surface area contributed by atoms with E-state index in [4.69, 9.17) is 11.6 Å². The normalized spacial score (nSPS) is 12.2. The second-order valence-corrected chi connectivity index (χ2v) is 13.2. The Bertz CT molecular complexity index is 1390. The van der Waals surface area contributed by atoms with E-state index in [1.54, 1.807) is 29.2 Å². The summed E-state index contributed by atoms with van der Waals surface area (Å²) in [5.41, 5.74) is 2.25. The van der Waals surface area contributed by atoms with Gasteiger partial charge in [0.2, 0.25) is 21.8 Å². The lowest BCUT2D eigenvalue weighted by Gasteiger charge is -2.32. The van der Waals surface area contributed by atoms with Crippen LogP contribution in [-0.2, 0) is 32.6 Å². The predicted molar refractivity (Wildman–Crippen MR) is 165 cm³/mol. The highest BCUT2D eigenvalue weighted by Gasteiger charge is 2.31. The molecule has 10 heteroatoms. The summed E-state index contributed by atoms with van der Waals surface area (Å²) in [6.45, 7) is 4.10. The van der Waals surface area contributed by atoms with Crippen LogP contribution in [0, 0.1) is 0 Å². The first-order chi connectivity index (χ1) is 18.9. The van der Waals surface area contributed by atoms with Gasteiger partial charge in [-0.2, -0.15) is 0 Å². The number of nitrogens with one attached hydrogen (secondary N) is 1. The van der Waals surface area contributed by atoms with Gasteiger partial charge in [0.1, 0.15) is 6.04 Å². The van der Waals surface area contributed by atoms with Crippen molar-refractivity contribution in [1.82, 2.24) is 10.2 Å². The van der Waals surface area contributed by atoms with Crippen molar-refractivity contribution in [2.75, 3.05) is 17.1 Å². The van der Waals surface area contributed by atoms with Crippen molar-refractivity contribution < 1.29 is 18.0 Å². The second-order valence-electron chi connectivity index (χ2n) is 9.94. The van der Waals surface area contributed by atoms with Crippen LogP contribution in [0.1, 0.15) is 37.8 Å². The average molecular weight is 649 g/mol. The predicted octanol–water partition coefficient (Wildman–Crippen LogP) is 5.81. The minimum Gasteiger partial charge on any atom is -0.352 e. The number of carbonyl (C=O) groups excluding carboxylic acids is 2. The van der Waals surface area contributed by atoms with Gasteiger partial charge >= 0.3 is 0 Å². The zero-order valence-corrected chi connectivity index (χ0v) is 26.0. The van der Waals surface area contributed by atoms with Gasteiger partial charge in [0.05, 0.1) is 11.9 Å². The SMILES string of the molecule is CC(C)NC(=O)[C@H](Cc1ccccc1)N(Cc1ccc(Br)cc1)C(=O)CCCN(c1cccc(Cl)c1)S(C)(=O)=O. The molecule has 40 heavy (non-hydrogen) atoms. The summed E-state index contributed by atoms with van der Waals surface area (Å²) in [4.78, 5) is 28.9. The molecule has 0 heterocycles. The fourth-order valence-corrected chi connectivity index (χ4v) is 5.76. The highest BCUT2D eigenvalue weighted by molar-refractivity contribution is 9.10. The molecular weight excluding hydrogens is 614 g/mol. The van der Waals surface area contributed by atoms with Crippen molar-refractivity contribution >= 4 is 55.1 Å². The van der Waals surface area contributed by atoms with Gasteiger partial charge in [-0.15, -0.1) is 0 Å². The van der Waals surface area contributed by atoms with Crippen LogP contribution in [-0.4, -0.2) is 50.0 Å². The lowest BCUT2D eigenvalue weighted by atomic mass is 10.0. The van der Waals surface area contributed by atoms with Crippen molar-refractivity contribution in [1.29, 1.82) is 0 Å². The van der Waals surface area contributed by atoms with Crippen molar-refractivity contribution in [2.45, 2.75) is 51.7 Å². The van der Waals surface area contributed by atoms with E-state index in [0.717, 1.165) is 21.9 Å². The largest absolute Gasteiger partial charge is 0.352 e. The van der Waals surface area contributed by atoms with E-state index in [2.05, 4.69) is 21.2 Å². The number of halogens is 2. The van der Waals surface area contributed by atoms with Gasteiger partial charge in [-0.25, -0.2) is 8.42 Å². The van der Waals surface area contributed by atoms with Crippen LogP contribution in [0.2, 0.25) is 5.02 Å². The number of amides is 2. The molecule has 0 aliphatic heterocycles. The maximum absolute atomic E-state index is 13.8. The number of sulfonamides is 1. The Hall–Kier alpha value is -2.88. The van der Waals surface area contributed by atoms with Gasteiger partial charge in [-0.05, 0) is 61.7 Å². The van der Waals surface area contributed by atoms with Crippen molar-refractivity contribution in [3.05, 3.63) is 99.5 Å². The molecule has 1 N–H and O–H groups in total. The molecule has 0 fully saturated rings. The molecule has 0 aliphatic carbocycles. The molecule has 0 saturated heterocycles. The van der Waals surface area contributed by atoms with Gasteiger partial charge in [0, 0.05) is 41.5 Å². The third-order valence-electron chi connectivity index (χ3n) is 6.22. The maximum atomic E-state index is 13.8. The Labute approximate surface area is 250 Å². The molecule has 214 valence electrons. The van der Waals surface area contributed by atoms with Crippen molar-refractivity contribution in [3.8, 4) is 0 Å². The van der Waals surface area contributed by atoms with E-state index >= 15 is 0 Å². The fraction of sp³-hybridized carbons (Fsp3) is 0.333. The minimum atomic E-state index is -3.61. The summed E-state index contributed by atoms with van der Waals surface area (Å²) in [5, 5.41) is 3.39. The van der Waals surface area contributed by atoms with E-state index in [1.165, 1.54) is 4.31 Å². The van der Waals surface area contributed by atoms with Crippen LogP contribution in [0.15, 0.2) is 83.3 Å². The summed E-state index contributed by atoms with van der Waals surface area (Å²) in [5.74, 6) is -0.469. The van der Waals surface area contributed by atoms with Crippen LogP contribution in [0.3, 0.4) is 0 Å². The van der Waals surface area contributed by atoms with Crippen LogP contribution in [0.5, 0.6) is 0 Å². The quantitative estimate of drug-likeness (QED) is 0.253. The topological polar surface area (TPSA) is 86.8 Å². The zero-order chi connectivity index (χ0) is 29.3. The molecule has 0 spiro atoms. The van der Waals surface area contributed by atoms with E-state index in [1.807, 2.05) is 68.4 Å². The standard InChI is InChI=1S/C30H35BrClN3O4S/c1-22(2)33-30(37)28(19-23-9-5-4-6-10-23)34(21-24-14-16-25(31)17-15-24)29(36)13-8-18-35(40(3,38)39)27-12-7-11-26(32)20-27/h4-7,9-12,14-17,20,22,28H,8,13,18-19,21H2,1-3H3,(H,33,37)/t28-/m0/s1. The average Bonchev–Trinajstić information content (AvgIpc) is 2.89. The molecular formula is C30H35BrClN3O4S. The second kappa shape index (κ2) is 14.7. The Morgan fingerprint density at radius 3 is 2.23 bits per heavy atom. The van der Waals surface area contributed by atoms with Crippen LogP contribution >= 0.6 is 27.5 Å². The van der Waals surface area contributed by atoms with E-state index in [0.29, 0.717) is 17.1 Å². The number of carbonyl (C=O) groups is 2. The third kappa shape index (κ3) is 9.64. The minimum absolute atomic E-state index is 0.0589. The number of rotatable bonds is 13. The highest BCUT2D eigenvalue weighted by Crippen LogP contribution is 2.23. The molecule has 0 unspecified atom stereocenters. The lowest BCUT2D eigenvalue weighted by Crippen LogP contribution is -2.51. The molecule has 1 atom stereocenters. The summed E-state index contributed by atoms with van der Waals surface area (Å²) in [6.07, 6.45) is 1.80. The van der Waals surface area contributed by atoms with Gasteiger partial charge in [-0.3, -0.25) is 13.9 Å². The molecule has 2 amide bonds. The summed E-state index contributed by atoms with van der Waals surface area (Å²) in [7, 11) is -3.61. The number of anilines is 1. The molecule has 0 bridgehead atoms. The number of hydrogen-bond acceptors (Lipinski definition) is 4. The molecule has 0 aliphatic rings. The molecule has 3 aromatic rings. The first-order valence-electron chi connectivity index (χ1n) is 13.1. The number of nitrogens with zero attached hydrogens (tertiary/aromatic N) is 2. The fourth-order valence-electron chi connectivity index (χ4n) is 4.36. The molecule has 7 nitrogen and oxygen atoms in total. The zero-order valence-electron chi connectivity index (χ0n) is 22.9. The molecule has 0 aromatic heterocycles. The summed E-state index contributed by atoms with van der Waals surface area (Å²) >= 11 is 9.54. The molecule has 3 rings (SSSR count). The smallest absolute Gasteiger partial charge is 0.243 e. The molecule has 3 aromatic carbocycles. The van der Waals surface area contributed by atoms with Crippen LogP contribution in [0.4, 0.5) is 5.69 Å². The lowest BCUT2D eigenvalue weighted by molar-refractivity contribution is -0.141. The monoisotopic (exact) mass is 647 g/mol. The van der Waals surface area contributed by atoms with Gasteiger partial charge in [0.25, 0.3) is 0 Å². The Morgan fingerprint density at radius 2 is 1.62 bits per heavy atom. The van der Waals surface area contributed by atoms with Gasteiger partial charge in [0.15, 0.2) is 0 Å². The van der Waals surface area contributed by atoms with E-state index in [-0.39, 0.29) is 43.8 Å². The summed E-state index contributed by atoms with van der Waals surface area (Å²) < 4.78 is 27.3.